The van der Waals surface area contributed by atoms with E-state index in [1.165, 1.54) is 0 Å². The molecular weight excluding hydrogens is 294 g/mol. The zero-order chi connectivity index (χ0) is 16.4. The lowest BCUT2D eigenvalue weighted by Gasteiger charge is -2.41. The van der Waals surface area contributed by atoms with E-state index in [-0.39, 0.29) is 23.1 Å². The van der Waals surface area contributed by atoms with Crippen molar-refractivity contribution in [2.24, 2.45) is 0 Å². The number of aryl methyl sites for hydroxylation is 1. The van der Waals surface area contributed by atoms with E-state index in [0.717, 1.165) is 38.2 Å². The number of piperidine rings is 1. The molecule has 2 aliphatic heterocycles. The maximum atomic E-state index is 12.5. The van der Waals surface area contributed by atoms with Gasteiger partial charge in [0.1, 0.15) is 5.56 Å². The Morgan fingerprint density at radius 2 is 2.00 bits per heavy atom. The second-order valence-electron chi connectivity index (χ2n) is 6.58. The Kier molecular flexibility index (Phi) is 4.82. The molecule has 23 heavy (non-hydrogen) atoms. The average molecular weight is 319 g/mol. The minimum atomic E-state index is -0.292. The number of nitrogens with one attached hydrogen (secondary N) is 1. The van der Waals surface area contributed by atoms with E-state index >= 15 is 0 Å². The van der Waals surface area contributed by atoms with Crippen LogP contribution in [-0.2, 0) is 4.74 Å². The van der Waals surface area contributed by atoms with Crippen molar-refractivity contribution < 1.29 is 9.53 Å². The number of carbonyl (C=O) groups is 1. The number of hydrogen-bond donors (Lipinski definition) is 1. The normalized spacial score (nSPS) is 23.9. The van der Waals surface area contributed by atoms with Crippen LogP contribution in [0.1, 0.15) is 35.8 Å². The summed E-state index contributed by atoms with van der Waals surface area (Å²) in [6, 6.07) is 3.92. The van der Waals surface area contributed by atoms with Crippen LogP contribution in [-0.4, -0.2) is 65.6 Å². The van der Waals surface area contributed by atoms with Crippen molar-refractivity contribution in [3.63, 3.8) is 0 Å². The van der Waals surface area contributed by atoms with E-state index in [2.05, 4.69) is 16.8 Å². The van der Waals surface area contributed by atoms with Crippen molar-refractivity contribution in [1.82, 2.24) is 14.8 Å². The van der Waals surface area contributed by atoms with Crippen molar-refractivity contribution in [3.05, 3.63) is 33.7 Å². The second kappa shape index (κ2) is 6.84. The van der Waals surface area contributed by atoms with E-state index in [9.17, 15) is 9.59 Å². The van der Waals surface area contributed by atoms with Crippen molar-refractivity contribution in [1.29, 1.82) is 0 Å². The number of rotatable bonds is 2. The van der Waals surface area contributed by atoms with Crippen LogP contribution in [0, 0.1) is 6.92 Å². The predicted octanol–water partition coefficient (Wildman–Crippen LogP) is 1.01. The summed E-state index contributed by atoms with van der Waals surface area (Å²) in [7, 11) is 0. The number of H-pyrrole nitrogens is 1. The van der Waals surface area contributed by atoms with E-state index in [1.807, 2.05) is 6.92 Å². The quantitative estimate of drug-likeness (QED) is 0.883. The van der Waals surface area contributed by atoms with Crippen LogP contribution in [0.4, 0.5) is 0 Å². The Bertz CT molecular complexity index is 620. The molecular formula is C17H25N3O3. The van der Waals surface area contributed by atoms with Gasteiger partial charge in [0.25, 0.3) is 11.5 Å². The number of amides is 1. The molecule has 2 saturated heterocycles. The summed E-state index contributed by atoms with van der Waals surface area (Å²) >= 11 is 0. The lowest BCUT2D eigenvalue weighted by Crippen LogP contribution is -2.52. The molecule has 0 radical (unpaired) electrons. The highest BCUT2D eigenvalue weighted by Crippen LogP contribution is 2.20. The van der Waals surface area contributed by atoms with Gasteiger partial charge in [-0.3, -0.25) is 14.5 Å². The summed E-state index contributed by atoms with van der Waals surface area (Å²) in [5, 5.41) is 0. The number of pyridine rings is 1. The summed E-state index contributed by atoms with van der Waals surface area (Å²) in [5.74, 6) is -0.153. The molecule has 2 fully saturated rings. The molecule has 6 heteroatoms. The molecule has 0 aliphatic carbocycles. The van der Waals surface area contributed by atoms with Crippen LogP contribution in [0.15, 0.2) is 16.9 Å². The van der Waals surface area contributed by atoms with Gasteiger partial charge in [0.15, 0.2) is 0 Å². The summed E-state index contributed by atoms with van der Waals surface area (Å²) in [6.45, 7) is 8.07. The third kappa shape index (κ3) is 3.64. The fourth-order valence-electron chi connectivity index (χ4n) is 3.52. The fourth-order valence-corrected chi connectivity index (χ4v) is 3.52. The molecule has 3 rings (SSSR count). The van der Waals surface area contributed by atoms with Gasteiger partial charge in [-0.15, -0.1) is 0 Å². The first kappa shape index (κ1) is 16.2. The van der Waals surface area contributed by atoms with Gasteiger partial charge in [0, 0.05) is 37.9 Å². The van der Waals surface area contributed by atoms with Crippen LogP contribution in [0.5, 0.6) is 0 Å². The molecule has 3 heterocycles. The summed E-state index contributed by atoms with van der Waals surface area (Å²) in [4.78, 5) is 31.5. The Morgan fingerprint density at radius 3 is 2.65 bits per heavy atom. The smallest absolute Gasteiger partial charge is 0.260 e. The number of morpholine rings is 1. The molecule has 0 unspecified atom stereocenters. The molecule has 0 saturated carbocycles. The Labute approximate surface area is 136 Å². The first-order valence-electron chi connectivity index (χ1n) is 8.39. The minimum absolute atomic E-state index is 0.153. The van der Waals surface area contributed by atoms with Gasteiger partial charge < -0.3 is 14.6 Å². The molecule has 2 aliphatic rings. The standard InChI is InChI=1S/C17H25N3O3/c1-12-3-4-15(16(21)18-12)17(22)19-7-5-14(6-8-19)20-9-10-23-13(2)11-20/h3-4,13-14H,5-11H2,1-2H3,(H,18,21)/t13-/m1/s1. The molecule has 6 nitrogen and oxygen atoms in total. The summed E-state index contributed by atoms with van der Waals surface area (Å²) in [5.41, 5.74) is 0.722. The van der Waals surface area contributed by atoms with E-state index < -0.39 is 0 Å². The van der Waals surface area contributed by atoms with Gasteiger partial charge in [-0.05, 0) is 38.8 Å². The van der Waals surface area contributed by atoms with Gasteiger partial charge in [-0.2, -0.15) is 0 Å². The summed E-state index contributed by atoms with van der Waals surface area (Å²) in [6.07, 6.45) is 2.21. The molecule has 1 aromatic rings. The van der Waals surface area contributed by atoms with E-state index in [1.54, 1.807) is 17.0 Å². The van der Waals surface area contributed by atoms with Crippen LogP contribution < -0.4 is 5.56 Å². The largest absolute Gasteiger partial charge is 0.376 e. The highest BCUT2D eigenvalue weighted by atomic mass is 16.5. The molecule has 1 aromatic heterocycles. The van der Waals surface area contributed by atoms with Crippen molar-refractivity contribution in [2.75, 3.05) is 32.8 Å². The zero-order valence-electron chi connectivity index (χ0n) is 13.9. The minimum Gasteiger partial charge on any atom is -0.376 e. The molecule has 0 spiro atoms. The van der Waals surface area contributed by atoms with Crippen LogP contribution in [0.2, 0.25) is 0 Å². The molecule has 1 N–H and O–H groups in total. The van der Waals surface area contributed by atoms with Crippen molar-refractivity contribution in [2.45, 2.75) is 38.8 Å². The predicted molar refractivity (Wildman–Crippen MR) is 87.7 cm³/mol. The summed E-state index contributed by atoms with van der Waals surface area (Å²) < 4.78 is 5.59. The van der Waals surface area contributed by atoms with Crippen LogP contribution >= 0.6 is 0 Å². The van der Waals surface area contributed by atoms with Crippen molar-refractivity contribution >= 4 is 5.91 Å². The number of aromatic amines is 1. The number of likely N-dealkylation sites (tertiary alicyclic amines) is 1. The molecule has 1 atom stereocenters. The monoisotopic (exact) mass is 319 g/mol. The highest BCUT2D eigenvalue weighted by Gasteiger charge is 2.30. The number of carbonyl (C=O) groups excluding carboxylic acids is 1. The second-order valence-corrected chi connectivity index (χ2v) is 6.58. The van der Waals surface area contributed by atoms with Crippen LogP contribution in [0.3, 0.4) is 0 Å². The number of ether oxygens (including phenoxy) is 1. The molecule has 1 amide bonds. The number of hydrogen-bond acceptors (Lipinski definition) is 4. The topological polar surface area (TPSA) is 65.6 Å². The fraction of sp³-hybridized carbons (Fsp3) is 0.647. The number of nitrogens with zero attached hydrogens (tertiary/aromatic N) is 2. The number of aromatic nitrogens is 1. The molecule has 0 bridgehead atoms. The Morgan fingerprint density at radius 1 is 1.26 bits per heavy atom. The lowest BCUT2D eigenvalue weighted by atomic mass is 10.0. The maximum absolute atomic E-state index is 12.5. The first-order valence-corrected chi connectivity index (χ1v) is 8.39. The first-order chi connectivity index (χ1) is 11.0. The Balaban J connectivity index is 1.60. The van der Waals surface area contributed by atoms with Gasteiger partial charge >= 0.3 is 0 Å². The van der Waals surface area contributed by atoms with Gasteiger partial charge in [-0.25, -0.2) is 0 Å². The third-order valence-electron chi connectivity index (χ3n) is 4.83. The zero-order valence-corrected chi connectivity index (χ0v) is 13.9. The molecule has 0 aromatic carbocycles. The molecule has 126 valence electrons. The highest BCUT2D eigenvalue weighted by molar-refractivity contribution is 5.93. The van der Waals surface area contributed by atoms with Crippen molar-refractivity contribution in [3.8, 4) is 0 Å². The van der Waals surface area contributed by atoms with E-state index in [0.29, 0.717) is 19.1 Å². The van der Waals surface area contributed by atoms with Crippen LogP contribution in [0.25, 0.3) is 0 Å². The van der Waals surface area contributed by atoms with Gasteiger partial charge in [0.2, 0.25) is 0 Å². The SMILES string of the molecule is Cc1ccc(C(=O)N2CCC(N3CCO[C@H](C)C3)CC2)c(=O)[nH]1. The maximum Gasteiger partial charge on any atom is 0.260 e. The lowest BCUT2D eigenvalue weighted by molar-refractivity contribution is -0.0423. The average Bonchev–Trinajstić information content (AvgIpc) is 2.54. The van der Waals surface area contributed by atoms with Gasteiger partial charge in [-0.1, -0.05) is 0 Å². The Hall–Kier alpha value is -1.66. The third-order valence-corrected chi connectivity index (χ3v) is 4.83. The van der Waals surface area contributed by atoms with E-state index in [4.69, 9.17) is 4.74 Å². The van der Waals surface area contributed by atoms with Gasteiger partial charge in [0.05, 0.1) is 12.7 Å².